The van der Waals surface area contributed by atoms with E-state index < -0.39 is 0 Å². The third-order valence-electron chi connectivity index (χ3n) is 2.63. The fourth-order valence-corrected chi connectivity index (χ4v) is 1.73. The summed E-state index contributed by atoms with van der Waals surface area (Å²) in [5, 5.41) is 14.7. The summed E-state index contributed by atoms with van der Waals surface area (Å²) in [5.41, 5.74) is 1.14. The van der Waals surface area contributed by atoms with E-state index in [1.54, 1.807) is 7.05 Å². The first kappa shape index (κ1) is 13.7. The maximum absolute atomic E-state index is 11.3. The van der Waals surface area contributed by atoms with Crippen LogP contribution in [-0.4, -0.2) is 37.8 Å². The molecule has 1 amide bonds. The van der Waals surface area contributed by atoms with Gasteiger partial charge in [-0.1, -0.05) is 30.3 Å². The first-order valence-electron chi connectivity index (χ1n) is 5.85. The predicted octanol–water partition coefficient (Wildman–Crippen LogP) is 0.488. The molecule has 94 valence electrons. The van der Waals surface area contributed by atoms with Gasteiger partial charge in [0.05, 0.1) is 6.54 Å². The van der Waals surface area contributed by atoms with Gasteiger partial charge in [0.1, 0.15) is 0 Å². The fourth-order valence-electron chi connectivity index (χ4n) is 1.73. The number of hydrogen-bond donors (Lipinski definition) is 3. The Kier molecular flexibility index (Phi) is 6.29. The Hall–Kier alpha value is -1.39. The van der Waals surface area contributed by atoms with Crippen LogP contribution in [0, 0.1) is 0 Å². The molecule has 1 aromatic carbocycles. The van der Waals surface area contributed by atoms with Gasteiger partial charge in [0.15, 0.2) is 0 Å². The highest BCUT2D eigenvalue weighted by atomic mass is 16.3. The predicted molar refractivity (Wildman–Crippen MR) is 67.8 cm³/mol. The van der Waals surface area contributed by atoms with Crippen molar-refractivity contribution in [2.24, 2.45) is 0 Å². The molecule has 0 bridgehead atoms. The largest absolute Gasteiger partial charge is 0.396 e. The van der Waals surface area contributed by atoms with Crippen molar-refractivity contribution in [2.45, 2.75) is 12.3 Å². The molecule has 0 aliphatic heterocycles. The van der Waals surface area contributed by atoms with E-state index in [4.69, 9.17) is 5.11 Å². The van der Waals surface area contributed by atoms with E-state index in [2.05, 4.69) is 10.6 Å². The van der Waals surface area contributed by atoms with Gasteiger partial charge >= 0.3 is 0 Å². The fraction of sp³-hybridized carbons (Fsp3) is 0.462. The van der Waals surface area contributed by atoms with Crippen molar-refractivity contribution in [3.8, 4) is 0 Å². The molecule has 4 nitrogen and oxygen atoms in total. The van der Waals surface area contributed by atoms with E-state index >= 15 is 0 Å². The number of aliphatic hydroxyl groups is 1. The van der Waals surface area contributed by atoms with E-state index in [-0.39, 0.29) is 18.4 Å². The van der Waals surface area contributed by atoms with Gasteiger partial charge in [-0.15, -0.1) is 0 Å². The zero-order valence-corrected chi connectivity index (χ0v) is 10.1. The molecule has 0 spiro atoms. The summed E-state index contributed by atoms with van der Waals surface area (Å²) in [6.07, 6.45) is 0.657. The lowest BCUT2D eigenvalue weighted by atomic mass is 9.96. The van der Waals surface area contributed by atoms with Crippen LogP contribution in [0.1, 0.15) is 17.9 Å². The van der Waals surface area contributed by atoms with Crippen LogP contribution in [0.5, 0.6) is 0 Å². The van der Waals surface area contributed by atoms with Crippen molar-refractivity contribution >= 4 is 5.91 Å². The lowest BCUT2D eigenvalue weighted by Gasteiger charge is -2.17. The summed E-state index contributed by atoms with van der Waals surface area (Å²) in [7, 11) is 1.74. The highest BCUT2D eigenvalue weighted by Crippen LogP contribution is 2.17. The number of carbonyl (C=O) groups is 1. The molecule has 0 aliphatic carbocycles. The highest BCUT2D eigenvalue weighted by Gasteiger charge is 2.11. The number of carbonyl (C=O) groups excluding carboxylic acids is 1. The van der Waals surface area contributed by atoms with Crippen molar-refractivity contribution in [1.29, 1.82) is 0 Å². The van der Waals surface area contributed by atoms with Crippen molar-refractivity contribution in [2.75, 3.05) is 26.7 Å². The SMILES string of the molecule is CNCC(=O)NCC(CCO)c1ccccc1. The molecule has 0 heterocycles. The lowest BCUT2D eigenvalue weighted by Crippen LogP contribution is -2.35. The van der Waals surface area contributed by atoms with Crippen molar-refractivity contribution in [3.63, 3.8) is 0 Å². The molecule has 0 saturated heterocycles. The van der Waals surface area contributed by atoms with Gasteiger partial charge in [0.2, 0.25) is 5.91 Å². The Balaban J connectivity index is 2.52. The van der Waals surface area contributed by atoms with E-state index in [1.165, 1.54) is 0 Å². The summed E-state index contributed by atoms with van der Waals surface area (Å²) in [6, 6.07) is 9.93. The first-order chi connectivity index (χ1) is 8.27. The minimum absolute atomic E-state index is 0.0219. The van der Waals surface area contributed by atoms with Crippen LogP contribution in [0.4, 0.5) is 0 Å². The summed E-state index contributed by atoms with van der Waals surface area (Å²) in [6.45, 7) is 1.01. The molecular formula is C13H20N2O2. The van der Waals surface area contributed by atoms with Crippen molar-refractivity contribution in [3.05, 3.63) is 35.9 Å². The molecule has 17 heavy (non-hydrogen) atoms. The molecule has 1 rings (SSSR count). The zero-order valence-electron chi connectivity index (χ0n) is 10.1. The molecule has 3 N–H and O–H groups in total. The number of nitrogens with one attached hydrogen (secondary N) is 2. The van der Waals surface area contributed by atoms with E-state index in [0.717, 1.165) is 5.56 Å². The van der Waals surface area contributed by atoms with Crippen LogP contribution in [-0.2, 0) is 4.79 Å². The van der Waals surface area contributed by atoms with Crippen LogP contribution < -0.4 is 10.6 Å². The monoisotopic (exact) mass is 236 g/mol. The molecule has 1 aromatic rings. The molecular weight excluding hydrogens is 216 g/mol. The maximum Gasteiger partial charge on any atom is 0.233 e. The standard InChI is InChI=1S/C13H20N2O2/c1-14-10-13(17)15-9-12(7-8-16)11-5-3-2-4-6-11/h2-6,12,14,16H,7-10H2,1H3,(H,15,17). The molecule has 0 aliphatic rings. The Morgan fingerprint density at radius 3 is 2.65 bits per heavy atom. The number of benzene rings is 1. The normalized spacial score (nSPS) is 12.1. The Bertz CT molecular complexity index is 327. The number of aliphatic hydroxyl groups excluding tert-OH is 1. The van der Waals surface area contributed by atoms with E-state index in [9.17, 15) is 4.79 Å². The second-order valence-electron chi connectivity index (χ2n) is 3.95. The van der Waals surface area contributed by atoms with Gasteiger partial charge < -0.3 is 15.7 Å². The Morgan fingerprint density at radius 1 is 1.35 bits per heavy atom. The molecule has 0 radical (unpaired) electrons. The van der Waals surface area contributed by atoms with Crippen LogP contribution in [0.2, 0.25) is 0 Å². The Morgan fingerprint density at radius 2 is 2.06 bits per heavy atom. The third-order valence-corrected chi connectivity index (χ3v) is 2.63. The summed E-state index contributed by atoms with van der Waals surface area (Å²) < 4.78 is 0. The molecule has 4 heteroatoms. The van der Waals surface area contributed by atoms with Gasteiger partial charge in [-0.2, -0.15) is 0 Å². The zero-order chi connectivity index (χ0) is 12.5. The first-order valence-corrected chi connectivity index (χ1v) is 5.85. The Labute approximate surface area is 102 Å². The van der Waals surface area contributed by atoms with Crippen LogP contribution >= 0.6 is 0 Å². The smallest absolute Gasteiger partial charge is 0.233 e. The van der Waals surface area contributed by atoms with Crippen molar-refractivity contribution in [1.82, 2.24) is 10.6 Å². The average molecular weight is 236 g/mol. The number of amides is 1. The van der Waals surface area contributed by atoms with E-state index in [1.807, 2.05) is 30.3 Å². The van der Waals surface area contributed by atoms with Gasteiger partial charge in [0, 0.05) is 19.1 Å². The molecule has 0 aromatic heterocycles. The summed E-state index contributed by atoms with van der Waals surface area (Å²) in [5.74, 6) is 0.147. The topological polar surface area (TPSA) is 61.4 Å². The van der Waals surface area contributed by atoms with Gasteiger partial charge in [-0.05, 0) is 19.0 Å². The highest BCUT2D eigenvalue weighted by molar-refractivity contribution is 5.77. The van der Waals surface area contributed by atoms with Gasteiger partial charge in [-0.25, -0.2) is 0 Å². The van der Waals surface area contributed by atoms with E-state index in [0.29, 0.717) is 19.5 Å². The summed E-state index contributed by atoms with van der Waals surface area (Å²) in [4.78, 5) is 11.3. The number of hydrogen-bond acceptors (Lipinski definition) is 3. The van der Waals surface area contributed by atoms with Crippen LogP contribution in [0.15, 0.2) is 30.3 Å². The number of likely N-dealkylation sites (N-methyl/N-ethyl adjacent to an activating group) is 1. The second-order valence-corrected chi connectivity index (χ2v) is 3.95. The second kappa shape index (κ2) is 7.81. The third kappa shape index (κ3) is 4.97. The van der Waals surface area contributed by atoms with Gasteiger partial charge in [-0.3, -0.25) is 4.79 Å². The quantitative estimate of drug-likeness (QED) is 0.645. The van der Waals surface area contributed by atoms with Gasteiger partial charge in [0.25, 0.3) is 0 Å². The lowest BCUT2D eigenvalue weighted by molar-refractivity contribution is -0.120. The van der Waals surface area contributed by atoms with Crippen LogP contribution in [0.3, 0.4) is 0 Å². The molecule has 0 saturated carbocycles. The van der Waals surface area contributed by atoms with Crippen molar-refractivity contribution < 1.29 is 9.90 Å². The number of rotatable bonds is 7. The summed E-state index contributed by atoms with van der Waals surface area (Å²) >= 11 is 0. The molecule has 1 atom stereocenters. The molecule has 1 unspecified atom stereocenters. The molecule has 0 fully saturated rings. The maximum atomic E-state index is 11.3. The minimum Gasteiger partial charge on any atom is -0.396 e. The minimum atomic E-state index is -0.0219. The average Bonchev–Trinajstić information content (AvgIpc) is 2.36. The van der Waals surface area contributed by atoms with Crippen LogP contribution in [0.25, 0.3) is 0 Å².